The van der Waals surface area contributed by atoms with Crippen molar-refractivity contribution in [2.75, 3.05) is 12.3 Å². The maximum Gasteiger partial charge on any atom is 0.219 e. The number of hydrogen-bond donors (Lipinski definition) is 0. The van der Waals surface area contributed by atoms with E-state index in [0.717, 1.165) is 44.5 Å². The van der Waals surface area contributed by atoms with E-state index in [0.29, 0.717) is 33.5 Å². The second-order valence-electron chi connectivity index (χ2n) is 7.35. The molecule has 1 aromatic carbocycles. The van der Waals surface area contributed by atoms with Gasteiger partial charge in [0, 0.05) is 37.3 Å². The van der Waals surface area contributed by atoms with Crippen LogP contribution in [0.5, 0.6) is 11.6 Å². The number of hydrogen-bond acceptors (Lipinski definition) is 4. The predicted molar refractivity (Wildman–Crippen MR) is 119 cm³/mol. The van der Waals surface area contributed by atoms with Crippen LogP contribution in [0.25, 0.3) is 0 Å². The number of ether oxygens (including phenoxy) is 1. The lowest BCUT2D eigenvalue weighted by Crippen LogP contribution is -2.47. The normalized spacial score (nSPS) is 21.4. The van der Waals surface area contributed by atoms with E-state index in [1.54, 1.807) is 18.2 Å². The van der Waals surface area contributed by atoms with Gasteiger partial charge in [0.2, 0.25) is 5.88 Å². The first-order valence-electron chi connectivity index (χ1n) is 9.89. The maximum absolute atomic E-state index is 11.7. The van der Waals surface area contributed by atoms with Crippen LogP contribution in [0.15, 0.2) is 40.9 Å². The van der Waals surface area contributed by atoms with Gasteiger partial charge in [0.25, 0.3) is 0 Å². The van der Waals surface area contributed by atoms with Crippen LogP contribution in [0.4, 0.5) is 0 Å². The molecule has 2 aliphatic heterocycles. The molecule has 0 radical (unpaired) electrons. The number of rotatable bonds is 6. The fourth-order valence-corrected chi connectivity index (χ4v) is 5.04. The molecule has 4 rings (SSSR count). The first-order valence-corrected chi connectivity index (χ1v) is 11.9. The van der Waals surface area contributed by atoms with Crippen molar-refractivity contribution in [1.29, 1.82) is 0 Å². The van der Waals surface area contributed by atoms with Gasteiger partial charge >= 0.3 is 0 Å². The molecule has 0 saturated carbocycles. The summed E-state index contributed by atoms with van der Waals surface area (Å²) in [6.45, 7) is 0.873. The number of pyridine rings is 1. The molecule has 0 amide bonds. The van der Waals surface area contributed by atoms with Crippen LogP contribution in [0.1, 0.15) is 37.7 Å². The molecule has 3 heterocycles. The van der Waals surface area contributed by atoms with Gasteiger partial charge in [-0.3, -0.25) is 0 Å². The Kier molecular flexibility index (Phi) is 6.73. The largest absolute Gasteiger partial charge is 0.439 e. The third-order valence-electron chi connectivity index (χ3n) is 5.34. The zero-order valence-electron chi connectivity index (χ0n) is 16.0. The van der Waals surface area contributed by atoms with E-state index in [4.69, 9.17) is 27.9 Å². The standard InChI is InChI=1S/C21H23Cl2N3O2S/c22-18-9-8-17(13-19(18)23)28-21-10-7-15(14-24-21)3-1-4-16-5-2-6-20-25-29(27)12-11-26(16)20/h7-10,13-14,16H,1-6,11-12H2. The lowest BCUT2D eigenvalue weighted by atomic mass is 9.95. The van der Waals surface area contributed by atoms with E-state index in [1.807, 2.05) is 12.3 Å². The Labute approximate surface area is 183 Å². The van der Waals surface area contributed by atoms with Crippen LogP contribution in [0.3, 0.4) is 0 Å². The summed E-state index contributed by atoms with van der Waals surface area (Å²) in [6.07, 6.45) is 8.35. The van der Waals surface area contributed by atoms with E-state index in [1.165, 1.54) is 12.0 Å². The van der Waals surface area contributed by atoms with Gasteiger partial charge in [-0.1, -0.05) is 29.3 Å². The molecule has 2 aliphatic rings. The number of nitrogens with zero attached hydrogens (tertiary/aromatic N) is 3. The summed E-state index contributed by atoms with van der Waals surface area (Å²) < 4.78 is 21.8. The van der Waals surface area contributed by atoms with Gasteiger partial charge in [-0.2, -0.15) is 4.40 Å². The van der Waals surface area contributed by atoms with Crippen LogP contribution < -0.4 is 4.74 Å². The van der Waals surface area contributed by atoms with Crippen molar-refractivity contribution in [1.82, 2.24) is 9.88 Å². The van der Waals surface area contributed by atoms with Crippen molar-refractivity contribution in [3.05, 3.63) is 52.1 Å². The van der Waals surface area contributed by atoms with E-state index in [2.05, 4.69) is 20.3 Å². The lowest BCUT2D eigenvalue weighted by molar-refractivity contribution is 0.255. The number of benzene rings is 1. The molecule has 1 fully saturated rings. The monoisotopic (exact) mass is 451 g/mol. The van der Waals surface area contributed by atoms with Crippen LogP contribution in [0, 0.1) is 0 Å². The minimum absolute atomic E-state index is 0.455. The zero-order valence-corrected chi connectivity index (χ0v) is 18.3. The Balaban J connectivity index is 1.28. The summed E-state index contributed by atoms with van der Waals surface area (Å²) in [5.41, 5.74) is 1.19. The highest BCUT2D eigenvalue weighted by Gasteiger charge is 2.29. The minimum Gasteiger partial charge on any atom is -0.439 e. The third kappa shape index (κ3) is 5.30. The molecule has 0 aliphatic carbocycles. The number of piperidine rings is 1. The van der Waals surface area contributed by atoms with Crippen molar-refractivity contribution in [2.45, 2.75) is 44.6 Å². The molecule has 29 heavy (non-hydrogen) atoms. The average Bonchev–Trinajstić information content (AvgIpc) is 2.72. The van der Waals surface area contributed by atoms with Crippen LogP contribution in [0.2, 0.25) is 10.0 Å². The molecule has 0 bridgehead atoms. The molecule has 0 spiro atoms. The van der Waals surface area contributed by atoms with E-state index < -0.39 is 11.0 Å². The second kappa shape index (κ2) is 9.45. The summed E-state index contributed by atoms with van der Waals surface area (Å²) >= 11 is 11.9. The molecule has 8 heteroatoms. The average molecular weight is 452 g/mol. The van der Waals surface area contributed by atoms with Crippen LogP contribution >= 0.6 is 23.2 Å². The summed E-state index contributed by atoms with van der Waals surface area (Å²) in [5, 5.41) is 0.952. The van der Waals surface area contributed by atoms with Gasteiger partial charge in [-0.25, -0.2) is 9.19 Å². The fraction of sp³-hybridized carbons (Fsp3) is 0.429. The van der Waals surface area contributed by atoms with Gasteiger partial charge in [-0.05, 0) is 49.8 Å². The van der Waals surface area contributed by atoms with Gasteiger partial charge in [0.05, 0.1) is 15.8 Å². The molecule has 2 atom stereocenters. The molecular formula is C21H23Cl2N3O2S. The van der Waals surface area contributed by atoms with Crippen molar-refractivity contribution < 1.29 is 8.95 Å². The van der Waals surface area contributed by atoms with E-state index in [9.17, 15) is 4.21 Å². The first kappa shape index (κ1) is 20.6. The fourth-order valence-electron chi connectivity index (χ4n) is 3.88. The van der Waals surface area contributed by atoms with Crippen molar-refractivity contribution in [2.24, 2.45) is 4.40 Å². The summed E-state index contributed by atoms with van der Waals surface area (Å²) in [4.78, 5) is 6.79. The number of fused-ring (bicyclic) bond motifs is 1. The highest BCUT2D eigenvalue weighted by molar-refractivity contribution is 7.83. The molecule has 154 valence electrons. The van der Waals surface area contributed by atoms with E-state index in [-0.39, 0.29) is 0 Å². The smallest absolute Gasteiger partial charge is 0.219 e. The molecular weight excluding hydrogens is 429 g/mol. The number of amidine groups is 1. The first-order chi connectivity index (χ1) is 14.1. The highest BCUT2D eigenvalue weighted by atomic mass is 35.5. The topological polar surface area (TPSA) is 54.8 Å². The zero-order chi connectivity index (χ0) is 20.2. The minimum atomic E-state index is -1.02. The molecule has 0 N–H and O–H groups in total. The third-order valence-corrected chi connectivity index (χ3v) is 7.02. The Morgan fingerprint density at radius 2 is 2.10 bits per heavy atom. The van der Waals surface area contributed by atoms with Gasteiger partial charge in [0.15, 0.2) is 0 Å². The Bertz CT molecular complexity index is 921. The Morgan fingerprint density at radius 1 is 1.21 bits per heavy atom. The molecule has 2 unspecified atom stereocenters. The Morgan fingerprint density at radius 3 is 2.90 bits per heavy atom. The SMILES string of the molecule is O=S1CCN2C(=N1)CCCC2CCCc1ccc(Oc2ccc(Cl)c(Cl)c2)nc1. The Hall–Kier alpha value is -1.63. The van der Waals surface area contributed by atoms with Crippen molar-refractivity contribution in [3.63, 3.8) is 0 Å². The summed E-state index contributed by atoms with van der Waals surface area (Å²) in [7, 11) is -1.02. The molecule has 2 aromatic rings. The van der Waals surface area contributed by atoms with Crippen molar-refractivity contribution >= 4 is 40.0 Å². The number of aryl methyl sites for hydroxylation is 1. The number of aromatic nitrogens is 1. The van der Waals surface area contributed by atoms with E-state index >= 15 is 0 Å². The van der Waals surface area contributed by atoms with Crippen molar-refractivity contribution in [3.8, 4) is 11.6 Å². The van der Waals surface area contributed by atoms with Gasteiger partial charge in [-0.15, -0.1) is 0 Å². The number of halogens is 2. The summed E-state index contributed by atoms with van der Waals surface area (Å²) in [6, 6.07) is 9.60. The summed E-state index contributed by atoms with van der Waals surface area (Å²) in [5.74, 6) is 2.85. The highest BCUT2D eigenvalue weighted by Crippen LogP contribution is 2.29. The molecule has 1 aromatic heterocycles. The maximum atomic E-state index is 11.7. The lowest BCUT2D eigenvalue weighted by Gasteiger charge is -2.40. The quantitative estimate of drug-likeness (QED) is 0.586. The second-order valence-corrected chi connectivity index (χ2v) is 9.40. The van der Waals surface area contributed by atoms with Crippen LogP contribution in [-0.4, -0.2) is 38.3 Å². The molecule has 1 saturated heterocycles. The van der Waals surface area contributed by atoms with Crippen LogP contribution in [-0.2, 0) is 17.4 Å². The van der Waals surface area contributed by atoms with Gasteiger partial charge in [0.1, 0.15) is 22.6 Å². The predicted octanol–water partition coefficient (Wildman–Crippen LogP) is 5.43. The van der Waals surface area contributed by atoms with Gasteiger partial charge < -0.3 is 9.64 Å². The molecule has 5 nitrogen and oxygen atoms in total.